The van der Waals surface area contributed by atoms with Crippen molar-refractivity contribution in [3.05, 3.63) is 93.1 Å². The number of thioether (sulfide) groups is 1. The van der Waals surface area contributed by atoms with Crippen LogP contribution in [0.15, 0.2) is 70.4 Å². The molecule has 0 N–H and O–H groups in total. The Bertz CT molecular complexity index is 1090. The molecule has 0 amide bonds. The van der Waals surface area contributed by atoms with Crippen LogP contribution in [0.25, 0.3) is 0 Å². The topological polar surface area (TPSA) is 53.1 Å². The predicted molar refractivity (Wildman–Crippen MR) is 120 cm³/mol. The first-order valence-corrected chi connectivity index (χ1v) is 11.1. The van der Waals surface area contributed by atoms with E-state index in [2.05, 4.69) is 10.2 Å². The molecule has 0 radical (unpaired) electrons. The first-order valence-electron chi connectivity index (χ1n) is 8.98. The van der Waals surface area contributed by atoms with Crippen molar-refractivity contribution in [2.75, 3.05) is 0 Å². The van der Waals surface area contributed by atoms with Crippen molar-refractivity contribution < 1.29 is 9.15 Å². The fourth-order valence-corrected chi connectivity index (χ4v) is 4.56. The van der Waals surface area contributed by atoms with Crippen LogP contribution in [0.1, 0.15) is 17.1 Å². The van der Waals surface area contributed by atoms with Crippen LogP contribution in [0.5, 0.6) is 5.75 Å². The van der Waals surface area contributed by atoms with E-state index in [0.29, 0.717) is 38.9 Å². The molecule has 2 heterocycles. The minimum Gasteiger partial charge on any atom is -0.486 e. The fourth-order valence-electron chi connectivity index (χ4n) is 2.74. The normalized spacial score (nSPS) is 11.0. The molecule has 2 aromatic carbocycles. The zero-order valence-electron chi connectivity index (χ0n) is 15.6. The van der Waals surface area contributed by atoms with Crippen LogP contribution < -0.4 is 4.74 Å². The van der Waals surface area contributed by atoms with Gasteiger partial charge in [0.1, 0.15) is 18.1 Å². The molecule has 0 unspecified atom stereocenters. The molecule has 4 rings (SSSR count). The number of benzene rings is 2. The van der Waals surface area contributed by atoms with Gasteiger partial charge in [0.15, 0.2) is 11.0 Å². The number of nitrogens with zero attached hydrogens (tertiary/aromatic N) is 3. The molecule has 0 aliphatic heterocycles. The average molecular weight is 481 g/mol. The molecule has 0 saturated heterocycles. The lowest BCUT2D eigenvalue weighted by atomic mass is 10.2. The lowest BCUT2D eigenvalue weighted by molar-refractivity contribution is 0.287. The second-order valence-electron chi connectivity index (χ2n) is 6.30. The summed E-state index contributed by atoms with van der Waals surface area (Å²) in [6, 6.07) is 16.4. The second-order valence-corrected chi connectivity index (χ2v) is 8.49. The van der Waals surface area contributed by atoms with Crippen LogP contribution in [0, 0.1) is 0 Å². The van der Waals surface area contributed by atoms with Gasteiger partial charge in [-0.25, -0.2) is 0 Å². The highest BCUT2D eigenvalue weighted by Crippen LogP contribution is 2.31. The first-order chi connectivity index (χ1) is 14.6. The summed E-state index contributed by atoms with van der Waals surface area (Å²) in [6.45, 7) is 0.737. The van der Waals surface area contributed by atoms with Crippen LogP contribution in [-0.4, -0.2) is 14.8 Å². The Morgan fingerprint density at radius 3 is 2.40 bits per heavy atom. The molecule has 4 aromatic rings. The maximum atomic E-state index is 6.30. The third-order valence-electron chi connectivity index (χ3n) is 4.28. The number of ether oxygens (including phenoxy) is 1. The van der Waals surface area contributed by atoms with Gasteiger partial charge in [-0.2, -0.15) is 0 Å². The average Bonchev–Trinajstić information content (AvgIpc) is 3.38. The Morgan fingerprint density at radius 1 is 0.933 bits per heavy atom. The largest absolute Gasteiger partial charge is 0.486 e. The Labute approximate surface area is 192 Å². The zero-order chi connectivity index (χ0) is 20.9. The van der Waals surface area contributed by atoms with E-state index in [1.807, 2.05) is 47.0 Å². The predicted octanol–water partition coefficient (Wildman–Crippen LogP) is 6.75. The van der Waals surface area contributed by atoms with Crippen LogP contribution >= 0.6 is 46.6 Å². The molecule has 0 atom stereocenters. The number of hydrogen-bond donors (Lipinski definition) is 0. The maximum absolute atomic E-state index is 6.30. The van der Waals surface area contributed by atoms with Gasteiger partial charge in [-0.1, -0.05) is 52.6 Å². The van der Waals surface area contributed by atoms with Crippen LogP contribution in [0.3, 0.4) is 0 Å². The number of furan rings is 1. The zero-order valence-corrected chi connectivity index (χ0v) is 18.7. The van der Waals surface area contributed by atoms with Gasteiger partial charge in [0.25, 0.3) is 0 Å². The van der Waals surface area contributed by atoms with E-state index in [4.69, 9.17) is 44.0 Å². The number of hydrogen-bond acceptors (Lipinski definition) is 5. The van der Waals surface area contributed by atoms with Gasteiger partial charge >= 0.3 is 0 Å². The van der Waals surface area contributed by atoms with Gasteiger partial charge in [-0.15, -0.1) is 10.2 Å². The fraction of sp³-hybridized carbons (Fsp3) is 0.143. The third kappa shape index (κ3) is 5.13. The standard InChI is InChI=1S/C21H16Cl3N3O2S/c22-14-6-8-15(9-7-14)29-12-20-25-26-21(27(20)11-16-3-2-10-28-16)30-13-17-18(23)4-1-5-19(17)24/h1-10H,11-13H2. The van der Waals surface area contributed by atoms with E-state index < -0.39 is 0 Å². The summed E-state index contributed by atoms with van der Waals surface area (Å²) in [5.74, 6) is 2.73. The molecule has 154 valence electrons. The van der Waals surface area contributed by atoms with E-state index in [1.165, 1.54) is 11.8 Å². The van der Waals surface area contributed by atoms with E-state index in [0.717, 1.165) is 16.5 Å². The van der Waals surface area contributed by atoms with Crippen molar-refractivity contribution >= 4 is 46.6 Å². The summed E-state index contributed by atoms with van der Waals surface area (Å²) in [5.41, 5.74) is 0.859. The Balaban J connectivity index is 1.54. The summed E-state index contributed by atoms with van der Waals surface area (Å²) >= 11 is 20.0. The summed E-state index contributed by atoms with van der Waals surface area (Å²) in [5, 5.41) is 11.3. The van der Waals surface area contributed by atoms with Crippen LogP contribution in [0.2, 0.25) is 15.1 Å². The van der Waals surface area contributed by atoms with Crippen molar-refractivity contribution in [3.8, 4) is 5.75 Å². The molecular weight excluding hydrogens is 465 g/mol. The van der Waals surface area contributed by atoms with Gasteiger partial charge in [-0.05, 0) is 54.1 Å². The van der Waals surface area contributed by atoms with Crippen LogP contribution in [0.4, 0.5) is 0 Å². The Hall–Kier alpha value is -2.12. The van der Waals surface area contributed by atoms with Crippen molar-refractivity contribution in [1.29, 1.82) is 0 Å². The van der Waals surface area contributed by atoms with Crippen molar-refractivity contribution in [1.82, 2.24) is 14.8 Å². The molecule has 0 fully saturated rings. The molecule has 0 bridgehead atoms. The van der Waals surface area contributed by atoms with Gasteiger partial charge in [0.2, 0.25) is 0 Å². The first kappa shape index (κ1) is 21.1. The minimum atomic E-state index is 0.253. The monoisotopic (exact) mass is 479 g/mol. The molecule has 0 aliphatic rings. The van der Waals surface area contributed by atoms with E-state index >= 15 is 0 Å². The van der Waals surface area contributed by atoms with E-state index in [9.17, 15) is 0 Å². The van der Waals surface area contributed by atoms with Gasteiger partial charge < -0.3 is 9.15 Å². The molecule has 2 aromatic heterocycles. The van der Waals surface area contributed by atoms with Crippen molar-refractivity contribution in [2.24, 2.45) is 0 Å². The van der Waals surface area contributed by atoms with Crippen molar-refractivity contribution in [2.45, 2.75) is 24.1 Å². The maximum Gasteiger partial charge on any atom is 0.192 e. The SMILES string of the molecule is Clc1ccc(OCc2nnc(SCc3c(Cl)cccc3Cl)n2Cc2ccco2)cc1. The van der Waals surface area contributed by atoms with Gasteiger partial charge in [0, 0.05) is 20.8 Å². The molecule has 0 saturated carbocycles. The number of halogens is 3. The summed E-state index contributed by atoms with van der Waals surface area (Å²) in [6.07, 6.45) is 1.64. The summed E-state index contributed by atoms with van der Waals surface area (Å²) in [7, 11) is 0. The summed E-state index contributed by atoms with van der Waals surface area (Å²) in [4.78, 5) is 0. The molecule has 0 aliphatic carbocycles. The number of rotatable bonds is 8. The molecule has 5 nitrogen and oxygen atoms in total. The minimum absolute atomic E-state index is 0.253. The molecular formula is C21H16Cl3N3O2S. The van der Waals surface area contributed by atoms with E-state index in [-0.39, 0.29) is 6.61 Å². The highest BCUT2D eigenvalue weighted by atomic mass is 35.5. The van der Waals surface area contributed by atoms with Gasteiger partial charge in [0.05, 0.1) is 12.8 Å². The second kappa shape index (κ2) is 9.79. The Morgan fingerprint density at radius 2 is 1.70 bits per heavy atom. The molecule has 9 heteroatoms. The lowest BCUT2D eigenvalue weighted by Gasteiger charge is -2.11. The molecule has 0 spiro atoms. The highest BCUT2D eigenvalue weighted by Gasteiger charge is 2.16. The number of aromatic nitrogens is 3. The van der Waals surface area contributed by atoms with Crippen molar-refractivity contribution in [3.63, 3.8) is 0 Å². The quantitative estimate of drug-likeness (QED) is 0.261. The third-order valence-corrected chi connectivity index (χ3v) is 6.23. The van der Waals surface area contributed by atoms with E-state index in [1.54, 1.807) is 18.4 Å². The summed E-state index contributed by atoms with van der Waals surface area (Å²) < 4.78 is 13.3. The lowest BCUT2D eigenvalue weighted by Crippen LogP contribution is -2.09. The Kier molecular flexibility index (Phi) is 6.89. The molecule has 30 heavy (non-hydrogen) atoms. The smallest absolute Gasteiger partial charge is 0.192 e. The highest BCUT2D eigenvalue weighted by molar-refractivity contribution is 7.98. The van der Waals surface area contributed by atoms with Crippen LogP contribution in [-0.2, 0) is 18.9 Å². The van der Waals surface area contributed by atoms with Gasteiger partial charge in [-0.3, -0.25) is 4.57 Å².